The second-order valence-electron chi connectivity index (χ2n) is 6.00. The summed E-state index contributed by atoms with van der Waals surface area (Å²) >= 11 is 1.93. The normalized spacial score (nSPS) is 20.3. The number of carbonyl (C=O) groups is 1. The van der Waals surface area contributed by atoms with Gasteiger partial charge in [0.15, 0.2) is 0 Å². The Morgan fingerprint density at radius 3 is 2.86 bits per heavy atom. The van der Waals surface area contributed by atoms with Crippen LogP contribution in [0.1, 0.15) is 32.3 Å². The maximum Gasteiger partial charge on any atom is 0.317 e. The lowest BCUT2D eigenvalue weighted by Crippen LogP contribution is -2.48. The van der Waals surface area contributed by atoms with Crippen LogP contribution in [-0.2, 0) is 6.42 Å². The van der Waals surface area contributed by atoms with E-state index in [2.05, 4.69) is 19.2 Å². The Bertz CT molecular complexity index is 478. The number of benzene rings is 1. The third-order valence-corrected chi connectivity index (χ3v) is 5.12. The van der Waals surface area contributed by atoms with E-state index in [0.29, 0.717) is 6.04 Å². The molecule has 4 nitrogen and oxygen atoms in total. The minimum Gasteiger partial charge on any atom is -0.508 e. The van der Waals surface area contributed by atoms with Gasteiger partial charge in [0.25, 0.3) is 0 Å². The van der Waals surface area contributed by atoms with Crippen LogP contribution in [0.3, 0.4) is 0 Å². The number of hydrogen-bond donors (Lipinski definition) is 2. The average Bonchev–Trinajstić information content (AvgIpc) is 2.71. The molecule has 0 unspecified atom stereocenters. The van der Waals surface area contributed by atoms with E-state index in [0.717, 1.165) is 37.3 Å². The van der Waals surface area contributed by atoms with Crippen LogP contribution < -0.4 is 5.32 Å². The maximum absolute atomic E-state index is 12.4. The molecule has 0 bridgehead atoms. The lowest BCUT2D eigenvalue weighted by atomic mass is 10.1. The predicted molar refractivity (Wildman–Crippen MR) is 92.5 cm³/mol. The Kier molecular flexibility index (Phi) is 6.43. The molecule has 1 aliphatic heterocycles. The molecule has 1 heterocycles. The molecule has 1 aromatic rings. The number of carbonyl (C=O) groups excluding carboxylic acids is 1. The van der Waals surface area contributed by atoms with E-state index in [4.69, 9.17) is 0 Å². The van der Waals surface area contributed by atoms with Crippen molar-refractivity contribution in [3.05, 3.63) is 29.8 Å². The molecule has 2 N–H and O–H groups in total. The Morgan fingerprint density at radius 1 is 1.41 bits per heavy atom. The number of thioether (sulfide) groups is 1. The first kappa shape index (κ1) is 17.0. The first-order valence-electron chi connectivity index (χ1n) is 7.99. The monoisotopic (exact) mass is 322 g/mol. The van der Waals surface area contributed by atoms with Crippen molar-refractivity contribution in [2.24, 2.45) is 0 Å². The number of aryl methyl sites for hydroxylation is 1. The molecule has 1 fully saturated rings. The predicted octanol–water partition coefficient (Wildman–Crippen LogP) is 3.25. The van der Waals surface area contributed by atoms with Crippen LogP contribution in [-0.4, -0.2) is 46.2 Å². The van der Waals surface area contributed by atoms with Gasteiger partial charge in [-0.15, -0.1) is 0 Å². The van der Waals surface area contributed by atoms with Gasteiger partial charge in [0, 0.05) is 24.4 Å². The van der Waals surface area contributed by atoms with Crippen LogP contribution >= 0.6 is 11.8 Å². The van der Waals surface area contributed by atoms with E-state index in [9.17, 15) is 9.90 Å². The Morgan fingerprint density at radius 2 is 2.14 bits per heavy atom. The van der Waals surface area contributed by atoms with E-state index >= 15 is 0 Å². The molecule has 1 aromatic carbocycles. The SMILES string of the molecule is C[C@@H](CCc1ccc(O)cc1)NC(=O)N1CCSCC[C@@H]1C. The van der Waals surface area contributed by atoms with Crippen molar-refractivity contribution in [2.45, 2.75) is 45.2 Å². The molecule has 0 aliphatic carbocycles. The summed E-state index contributed by atoms with van der Waals surface area (Å²) in [6.07, 6.45) is 2.86. The van der Waals surface area contributed by atoms with Crippen molar-refractivity contribution in [2.75, 3.05) is 18.1 Å². The average molecular weight is 322 g/mol. The van der Waals surface area contributed by atoms with Crippen molar-refractivity contribution >= 4 is 17.8 Å². The number of hydrogen-bond acceptors (Lipinski definition) is 3. The number of phenols is 1. The highest BCUT2D eigenvalue weighted by atomic mass is 32.2. The largest absolute Gasteiger partial charge is 0.508 e. The van der Waals surface area contributed by atoms with Gasteiger partial charge in [0.05, 0.1) is 0 Å². The van der Waals surface area contributed by atoms with Gasteiger partial charge in [-0.25, -0.2) is 4.79 Å². The van der Waals surface area contributed by atoms with Crippen molar-refractivity contribution in [3.63, 3.8) is 0 Å². The van der Waals surface area contributed by atoms with Crippen molar-refractivity contribution in [1.82, 2.24) is 10.2 Å². The number of rotatable bonds is 4. The van der Waals surface area contributed by atoms with Gasteiger partial charge in [-0.2, -0.15) is 11.8 Å². The van der Waals surface area contributed by atoms with E-state index in [-0.39, 0.29) is 17.8 Å². The van der Waals surface area contributed by atoms with Gasteiger partial charge in [-0.05, 0) is 56.6 Å². The van der Waals surface area contributed by atoms with Crippen LogP contribution in [0.4, 0.5) is 4.79 Å². The molecule has 22 heavy (non-hydrogen) atoms. The van der Waals surface area contributed by atoms with E-state index < -0.39 is 0 Å². The van der Waals surface area contributed by atoms with Crippen molar-refractivity contribution in [1.29, 1.82) is 0 Å². The number of nitrogens with zero attached hydrogens (tertiary/aromatic N) is 1. The summed E-state index contributed by atoms with van der Waals surface area (Å²) in [5.41, 5.74) is 1.18. The number of amides is 2. The zero-order valence-electron chi connectivity index (χ0n) is 13.4. The zero-order chi connectivity index (χ0) is 15.9. The quantitative estimate of drug-likeness (QED) is 0.894. The van der Waals surface area contributed by atoms with E-state index in [1.807, 2.05) is 28.8 Å². The summed E-state index contributed by atoms with van der Waals surface area (Å²) in [5, 5.41) is 12.4. The molecule has 0 spiro atoms. The molecule has 2 amide bonds. The summed E-state index contributed by atoms with van der Waals surface area (Å²) in [4.78, 5) is 14.4. The second kappa shape index (κ2) is 8.32. The molecule has 0 aromatic heterocycles. The van der Waals surface area contributed by atoms with E-state index in [1.165, 1.54) is 5.56 Å². The topological polar surface area (TPSA) is 52.6 Å². The fourth-order valence-electron chi connectivity index (χ4n) is 2.61. The molecule has 2 rings (SSSR count). The lowest BCUT2D eigenvalue weighted by Gasteiger charge is -2.28. The van der Waals surface area contributed by atoms with Gasteiger partial charge >= 0.3 is 6.03 Å². The third kappa shape index (κ3) is 5.13. The highest BCUT2D eigenvalue weighted by Crippen LogP contribution is 2.16. The van der Waals surface area contributed by atoms with Crippen LogP contribution in [0.15, 0.2) is 24.3 Å². The Hall–Kier alpha value is -1.36. The summed E-state index contributed by atoms with van der Waals surface area (Å²) in [7, 11) is 0. The van der Waals surface area contributed by atoms with Gasteiger partial charge in [-0.1, -0.05) is 12.1 Å². The Balaban J connectivity index is 1.79. The molecule has 0 radical (unpaired) electrons. The number of phenolic OH excluding ortho intramolecular Hbond substituents is 1. The molecule has 1 saturated heterocycles. The van der Waals surface area contributed by atoms with Gasteiger partial charge in [-0.3, -0.25) is 0 Å². The first-order valence-corrected chi connectivity index (χ1v) is 9.14. The molecule has 2 atom stereocenters. The molecule has 122 valence electrons. The van der Waals surface area contributed by atoms with Gasteiger partial charge in [0.2, 0.25) is 0 Å². The van der Waals surface area contributed by atoms with Crippen LogP contribution in [0.5, 0.6) is 5.75 Å². The Labute approximate surface area is 137 Å². The minimum absolute atomic E-state index is 0.0632. The fourth-order valence-corrected chi connectivity index (χ4v) is 3.65. The molecular formula is C17H26N2O2S. The van der Waals surface area contributed by atoms with Crippen LogP contribution in [0, 0.1) is 0 Å². The summed E-state index contributed by atoms with van der Waals surface area (Å²) in [6, 6.07) is 7.79. The smallest absolute Gasteiger partial charge is 0.317 e. The molecule has 5 heteroatoms. The second-order valence-corrected chi connectivity index (χ2v) is 7.22. The number of nitrogens with one attached hydrogen (secondary N) is 1. The molecule has 0 saturated carbocycles. The first-order chi connectivity index (χ1) is 10.6. The highest BCUT2D eigenvalue weighted by Gasteiger charge is 2.22. The standard InChI is InChI=1S/C17H26N2O2S/c1-13(3-4-15-5-7-16(20)8-6-15)18-17(21)19-10-12-22-11-9-14(19)2/h5-8,13-14,20H,3-4,9-12H2,1-2H3,(H,18,21)/t13-,14-/m0/s1. The minimum atomic E-state index is 0.0632. The number of aromatic hydroxyl groups is 1. The van der Waals surface area contributed by atoms with Crippen LogP contribution in [0.25, 0.3) is 0 Å². The van der Waals surface area contributed by atoms with Gasteiger partial charge < -0.3 is 15.3 Å². The zero-order valence-corrected chi connectivity index (χ0v) is 14.2. The van der Waals surface area contributed by atoms with Crippen LogP contribution in [0.2, 0.25) is 0 Å². The maximum atomic E-state index is 12.4. The summed E-state index contributed by atoms with van der Waals surface area (Å²) in [6.45, 7) is 5.02. The highest BCUT2D eigenvalue weighted by molar-refractivity contribution is 7.99. The molecular weight excluding hydrogens is 296 g/mol. The lowest BCUT2D eigenvalue weighted by molar-refractivity contribution is 0.179. The third-order valence-electron chi connectivity index (χ3n) is 4.12. The molecule has 1 aliphatic rings. The summed E-state index contributed by atoms with van der Waals surface area (Å²) < 4.78 is 0. The fraction of sp³-hybridized carbons (Fsp3) is 0.588. The number of urea groups is 1. The van der Waals surface area contributed by atoms with Crippen molar-refractivity contribution < 1.29 is 9.90 Å². The van der Waals surface area contributed by atoms with Crippen molar-refractivity contribution in [3.8, 4) is 5.75 Å². The van der Waals surface area contributed by atoms with Gasteiger partial charge in [0.1, 0.15) is 5.75 Å². The summed E-state index contributed by atoms with van der Waals surface area (Å²) in [5.74, 6) is 2.46. The van der Waals surface area contributed by atoms with E-state index in [1.54, 1.807) is 12.1 Å².